The maximum absolute atomic E-state index is 14.1. The van der Waals surface area contributed by atoms with Crippen LogP contribution < -0.4 is 14.4 Å². The third kappa shape index (κ3) is 8.35. The molecule has 0 saturated carbocycles. The van der Waals surface area contributed by atoms with Crippen molar-refractivity contribution in [2.24, 2.45) is 0 Å². The average molecular weight is 594 g/mol. The number of hydrogen-bond acceptors (Lipinski definition) is 5. The Balaban J connectivity index is 2.03. The first-order valence-electron chi connectivity index (χ1n) is 14.4. The number of carbonyl (C=O) groups excluding carboxylic acids is 2. The molecule has 1 N–H and O–H groups in total. The van der Waals surface area contributed by atoms with E-state index >= 15 is 0 Å². The van der Waals surface area contributed by atoms with E-state index in [1.807, 2.05) is 38.1 Å². The van der Waals surface area contributed by atoms with Crippen molar-refractivity contribution in [3.63, 3.8) is 0 Å². The topological polar surface area (TPSA) is 96.0 Å². The quantitative estimate of drug-likeness (QED) is 0.244. The van der Waals surface area contributed by atoms with Gasteiger partial charge in [-0.15, -0.1) is 0 Å². The van der Waals surface area contributed by atoms with Crippen molar-refractivity contribution in [2.75, 3.05) is 24.5 Å². The Labute approximate surface area is 250 Å². The highest BCUT2D eigenvalue weighted by molar-refractivity contribution is 7.92. The summed E-state index contributed by atoms with van der Waals surface area (Å²) in [6.07, 6.45) is 1.74. The number of nitrogens with one attached hydrogen (secondary N) is 1. The number of methoxy groups -OCH3 is 1. The third-order valence-electron chi connectivity index (χ3n) is 7.22. The molecule has 0 saturated heterocycles. The number of anilines is 1. The Morgan fingerprint density at radius 3 is 2.21 bits per heavy atom. The highest BCUT2D eigenvalue weighted by Gasteiger charge is 2.32. The predicted octanol–water partition coefficient (Wildman–Crippen LogP) is 5.66. The van der Waals surface area contributed by atoms with E-state index in [1.54, 1.807) is 62.6 Å². The average Bonchev–Trinajstić information content (AvgIpc) is 2.98. The van der Waals surface area contributed by atoms with Gasteiger partial charge in [-0.3, -0.25) is 13.9 Å². The van der Waals surface area contributed by atoms with E-state index in [-0.39, 0.29) is 23.3 Å². The van der Waals surface area contributed by atoms with Crippen LogP contribution in [0.4, 0.5) is 5.69 Å². The smallest absolute Gasteiger partial charge is 0.264 e. The number of aryl methyl sites for hydroxylation is 1. The first kappa shape index (κ1) is 32.7. The van der Waals surface area contributed by atoms with Crippen molar-refractivity contribution in [3.05, 3.63) is 89.5 Å². The lowest BCUT2D eigenvalue weighted by atomic mass is 10.0. The Bertz CT molecular complexity index is 1440. The van der Waals surface area contributed by atoms with Crippen LogP contribution in [0.2, 0.25) is 0 Å². The maximum Gasteiger partial charge on any atom is 0.264 e. The molecule has 1 atom stereocenters. The fraction of sp³-hybridized carbons (Fsp3) is 0.394. The summed E-state index contributed by atoms with van der Waals surface area (Å²) in [6.45, 7) is 9.81. The number of sulfonamides is 1. The SMILES string of the molecule is CCCCNC(=O)[C@@H](C)N(Cc1cccc(OC)c1)C(=O)CN(c1ccc(C(C)C)cc1)S(=O)(=O)c1ccc(C)cc1. The van der Waals surface area contributed by atoms with Crippen LogP contribution in [0.15, 0.2) is 77.7 Å². The largest absolute Gasteiger partial charge is 0.497 e. The highest BCUT2D eigenvalue weighted by Crippen LogP contribution is 2.27. The fourth-order valence-corrected chi connectivity index (χ4v) is 5.89. The molecule has 0 unspecified atom stereocenters. The number of amides is 2. The predicted molar refractivity (Wildman–Crippen MR) is 167 cm³/mol. The summed E-state index contributed by atoms with van der Waals surface area (Å²) in [4.78, 5) is 28.7. The van der Waals surface area contributed by atoms with Gasteiger partial charge in [0, 0.05) is 13.1 Å². The molecule has 226 valence electrons. The number of hydrogen-bond donors (Lipinski definition) is 1. The molecule has 0 spiro atoms. The summed E-state index contributed by atoms with van der Waals surface area (Å²) >= 11 is 0. The molecule has 0 bridgehead atoms. The Morgan fingerprint density at radius 1 is 0.952 bits per heavy atom. The molecule has 0 fully saturated rings. The first-order chi connectivity index (χ1) is 20.0. The molecular weight excluding hydrogens is 550 g/mol. The molecule has 2 amide bonds. The molecule has 42 heavy (non-hydrogen) atoms. The molecular formula is C33H43N3O5S. The number of benzene rings is 3. The second-order valence-electron chi connectivity index (χ2n) is 10.8. The van der Waals surface area contributed by atoms with Crippen molar-refractivity contribution in [2.45, 2.75) is 70.9 Å². The van der Waals surface area contributed by atoms with E-state index in [4.69, 9.17) is 4.74 Å². The highest BCUT2D eigenvalue weighted by atomic mass is 32.2. The van der Waals surface area contributed by atoms with Crippen LogP contribution in [-0.4, -0.2) is 51.4 Å². The van der Waals surface area contributed by atoms with Crippen LogP contribution in [0, 0.1) is 6.92 Å². The molecule has 3 rings (SSSR count). The normalized spacial score (nSPS) is 12.1. The van der Waals surface area contributed by atoms with Crippen molar-refractivity contribution < 1.29 is 22.7 Å². The summed E-state index contributed by atoms with van der Waals surface area (Å²) in [5.74, 6) is 0.0792. The molecule has 9 heteroatoms. The number of unbranched alkanes of at least 4 members (excludes halogenated alkanes) is 1. The molecule has 0 aromatic heterocycles. The lowest BCUT2D eigenvalue weighted by Gasteiger charge is -2.32. The van der Waals surface area contributed by atoms with Crippen molar-refractivity contribution in [3.8, 4) is 5.75 Å². The molecule has 0 aliphatic carbocycles. The minimum absolute atomic E-state index is 0.0820. The van der Waals surface area contributed by atoms with Crippen molar-refractivity contribution in [1.29, 1.82) is 0 Å². The zero-order valence-electron chi connectivity index (χ0n) is 25.5. The van der Waals surface area contributed by atoms with Crippen molar-refractivity contribution in [1.82, 2.24) is 10.2 Å². The zero-order valence-corrected chi connectivity index (χ0v) is 26.3. The molecule has 8 nitrogen and oxygen atoms in total. The summed E-state index contributed by atoms with van der Waals surface area (Å²) in [7, 11) is -2.55. The summed E-state index contributed by atoms with van der Waals surface area (Å²) in [5, 5.41) is 2.90. The van der Waals surface area contributed by atoms with Crippen LogP contribution >= 0.6 is 0 Å². The minimum Gasteiger partial charge on any atom is -0.497 e. The van der Waals surface area contributed by atoms with E-state index in [1.165, 1.54) is 4.90 Å². The Kier molecular flexibility index (Phi) is 11.6. The molecule has 3 aromatic rings. The summed E-state index contributed by atoms with van der Waals surface area (Å²) in [6, 6.07) is 20.2. The maximum atomic E-state index is 14.1. The lowest BCUT2D eigenvalue weighted by Crippen LogP contribution is -2.51. The third-order valence-corrected chi connectivity index (χ3v) is 9.01. The summed E-state index contributed by atoms with van der Waals surface area (Å²) < 4.78 is 34.5. The van der Waals surface area contributed by atoms with Gasteiger partial charge in [0.1, 0.15) is 18.3 Å². The van der Waals surface area contributed by atoms with Gasteiger partial charge in [0.2, 0.25) is 11.8 Å². The van der Waals surface area contributed by atoms with Crippen LogP contribution in [0.3, 0.4) is 0 Å². The van der Waals surface area contributed by atoms with E-state index in [9.17, 15) is 18.0 Å². The first-order valence-corrected chi connectivity index (χ1v) is 15.8. The fourth-order valence-electron chi connectivity index (χ4n) is 4.48. The zero-order chi connectivity index (χ0) is 30.9. The van der Waals surface area contributed by atoms with Crippen molar-refractivity contribution >= 4 is 27.5 Å². The molecule has 0 radical (unpaired) electrons. The van der Waals surface area contributed by atoms with Gasteiger partial charge in [0.05, 0.1) is 17.7 Å². The van der Waals surface area contributed by atoms with E-state index in [2.05, 4.69) is 19.2 Å². The Hall–Kier alpha value is -3.85. The van der Waals surface area contributed by atoms with Crippen LogP contribution in [0.5, 0.6) is 5.75 Å². The Morgan fingerprint density at radius 2 is 1.62 bits per heavy atom. The standard InChI is InChI=1S/C33H43N3O5S/c1-7-8-20-34-33(38)26(5)35(22-27-10-9-11-30(21-27)41-6)32(37)23-36(29-16-14-28(15-17-29)24(2)3)42(39,40)31-18-12-25(4)13-19-31/h9-19,21,24,26H,7-8,20,22-23H2,1-6H3,(H,34,38)/t26-/m1/s1. The molecule has 0 aliphatic heterocycles. The van der Waals surface area contributed by atoms with Crippen LogP contribution in [0.1, 0.15) is 63.1 Å². The van der Waals surface area contributed by atoms with Gasteiger partial charge in [0.15, 0.2) is 0 Å². The van der Waals surface area contributed by atoms with E-state index < -0.39 is 28.5 Å². The number of rotatable bonds is 14. The van der Waals surface area contributed by atoms with Gasteiger partial charge in [-0.05, 0) is 73.7 Å². The van der Waals surface area contributed by atoms with Crippen LogP contribution in [0.25, 0.3) is 0 Å². The van der Waals surface area contributed by atoms with E-state index in [0.29, 0.717) is 18.0 Å². The van der Waals surface area contributed by atoms with Gasteiger partial charge in [-0.25, -0.2) is 8.42 Å². The van der Waals surface area contributed by atoms with Gasteiger partial charge in [-0.2, -0.15) is 0 Å². The number of carbonyl (C=O) groups is 2. The number of nitrogens with zero attached hydrogens (tertiary/aromatic N) is 2. The van der Waals surface area contributed by atoms with Gasteiger partial charge in [-0.1, -0.05) is 69.2 Å². The monoisotopic (exact) mass is 593 g/mol. The lowest BCUT2D eigenvalue weighted by molar-refractivity contribution is -0.139. The second kappa shape index (κ2) is 14.9. The number of ether oxygens (including phenoxy) is 1. The minimum atomic E-state index is -4.11. The van der Waals surface area contributed by atoms with Gasteiger partial charge in [0.25, 0.3) is 10.0 Å². The van der Waals surface area contributed by atoms with Crippen LogP contribution in [-0.2, 0) is 26.2 Å². The molecule has 0 aliphatic rings. The molecule has 3 aromatic carbocycles. The summed E-state index contributed by atoms with van der Waals surface area (Å²) in [5.41, 5.74) is 3.10. The second-order valence-corrected chi connectivity index (χ2v) is 12.6. The van der Waals surface area contributed by atoms with E-state index in [0.717, 1.165) is 33.8 Å². The van der Waals surface area contributed by atoms with Gasteiger partial charge >= 0.3 is 0 Å². The molecule has 0 heterocycles. The van der Waals surface area contributed by atoms with Gasteiger partial charge < -0.3 is 15.0 Å².